The summed E-state index contributed by atoms with van der Waals surface area (Å²) in [6, 6.07) is 0. The first kappa shape index (κ1) is 45.5. The summed E-state index contributed by atoms with van der Waals surface area (Å²) in [6.07, 6.45) is -0.384. The van der Waals surface area contributed by atoms with Crippen molar-refractivity contribution >= 4 is 17.9 Å². The third-order valence-electron chi connectivity index (χ3n) is 17.8. The Kier molecular flexibility index (Phi) is 13.3. The summed E-state index contributed by atoms with van der Waals surface area (Å²) in [4.78, 5) is 36.2. The third kappa shape index (κ3) is 8.56. The van der Waals surface area contributed by atoms with Gasteiger partial charge in [0, 0.05) is 6.42 Å². The maximum absolute atomic E-state index is 12.7. The van der Waals surface area contributed by atoms with Crippen molar-refractivity contribution in [3.63, 3.8) is 0 Å². The molecule has 0 aromatic heterocycles. The normalized spacial score (nSPS) is 42.3. The van der Waals surface area contributed by atoms with Gasteiger partial charge in [0.25, 0.3) is 5.60 Å². The van der Waals surface area contributed by atoms with Gasteiger partial charge in [-0.05, 0) is 154 Å². The summed E-state index contributed by atoms with van der Waals surface area (Å²) >= 11 is 0. The van der Waals surface area contributed by atoms with Gasteiger partial charge in [-0.25, -0.2) is 4.79 Å². The average molecular weight is 835 g/mol. The lowest BCUT2D eigenvalue weighted by Crippen LogP contribution is -2.58. The molecule has 0 spiro atoms. The van der Waals surface area contributed by atoms with Crippen LogP contribution in [0.3, 0.4) is 0 Å². The number of halogens is 6. The lowest BCUT2D eigenvalue weighted by molar-refractivity contribution is -0.373. The molecule has 16 unspecified atom stereocenters. The van der Waals surface area contributed by atoms with Gasteiger partial charge in [0.2, 0.25) is 6.10 Å². The van der Waals surface area contributed by atoms with Gasteiger partial charge in [-0.1, -0.05) is 54.9 Å². The molecule has 0 aromatic carbocycles. The zero-order valence-corrected chi connectivity index (χ0v) is 35.5. The van der Waals surface area contributed by atoms with Crippen molar-refractivity contribution in [3.05, 3.63) is 0 Å². The molecule has 16 atom stereocenters. The van der Waals surface area contributed by atoms with E-state index in [9.17, 15) is 45.8 Å². The number of carbonyl (C=O) groups excluding carboxylic acids is 3. The number of hydrogen-bond acceptors (Lipinski definition) is 7. The molecule has 0 radical (unpaired) electrons. The lowest BCUT2D eigenvalue weighted by Gasteiger charge is -2.39. The first-order valence-electron chi connectivity index (χ1n) is 22.5. The van der Waals surface area contributed by atoms with E-state index >= 15 is 0 Å². The number of hydrogen-bond donors (Lipinski definition) is 1. The molecule has 0 amide bonds. The van der Waals surface area contributed by atoms with Crippen LogP contribution in [0.2, 0.25) is 0 Å². The summed E-state index contributed by atoms with van der Waals surface area (Å²) in [5, 5.41) is 9.28. The number of rotatable bonds is 7. The molecule has 58 heavy (non-hydrogen) atoms. The predicted molar refractivity (Wildman–Crippen MR) is 203 cm³/mol. The molecule has 1 saturated heterocycles. The summed E-state index contributed by atoms with van der Waals surface area (Å²) in [5.74, 6) is 4.89. The van der Waals surface area contributed by atoms with Gasteiger partial charge in [0.15, 0.2) is 0 Å². The van der Waals surface area contributed by atoms with Crippen LogP contribution in [0, 0.1) is 88.8 Å². The standard InChI is InChI=1S/C18H30O2.C14H20O4.C13H18F6O/c1-4-18(8-6-5-7-9-18)20-17(19)16-11-14-10-15(16)13(3)12(14)2;1-7-8(2)10-5-9(7)6-11(10)13(15)18-12-3-4-17-14(12)16;1-6-7(2)10-4-8(6)3-9(10)5-11(20,12(14,15)16)13(17,18)19/h12-16H,4-11H2,1-3H3;7-12H,3-6H2,1-2H3;6-10,20H,3-5H2,1-2H3. The number of carbonyl (C=O) groups is 3. The quantitative estimate of drug-likeness (QED) is 0.155. The molecule has 1 aliphatic heterocycles. The van der Waals surface area contributed by atoms with Crippen molar-refractivity contribution in [1.82, 2.24) is 0 Å². The van der Waals surface area contributed by atoms with E-state index in [0.717, 1.165) is 56.3 Å². The van der Waals surface area contributed by atoms with Gasteiger partial charge in [-0.3, -0.25) is 9.59 Å². The van der Waals surface area contributed by atoms with Gasteiger partial charge in [-0.2, -0.15) is 26.3 Å². The second kappa shape index (κ2) is 17.0. The van der Waals surface area contributed by atoms with E-state index in [-0.39, 0.29) is 53.1 Å². The number of esters is 3. The Bertz CT molecular complexity index is 1460. The first-order valence-corrected chi connectivity index (χ1v) is 22.5. The number of alkyl halides is 6. The Balaban J connectivity index is 0.000000147. The maximum atomic E-state index is 12.7. The smallest absolute Gasteiger partial charge is 0.426 e. The molecule has 8 aliphatic rings. The van der Waals surface area contributed by atoms with Gasteiger partial charge >= 0.3 is 30.3 Å². The molecular weight excluding hydrogens is 766 g/mol. The van der Waals surface area contributed by atoms with Gasteiger partial charge in [0.1, 0.15) is 5.60 Å². The highest BCUT2D eigenvalue weighted by atomic mass is 19.4. The highest BCUT2D eigenvalue weighted by Crippen LogP contribution is 2.60. The van der Waals surface area contributed by atoms with Gasteiger partial charge in [0.05, 0.1) is 18.4 Å². The second-order valence-corrected chi connectivity index (χ2v) is 20.3. The number of ether oxygens (including phenoxy) is 3. The van der Waals surface area contributed by atoms with Crippen molar-refractivity contribution in [2.24, 2.45) is 88.8 Å². The van der Waals surface area contributed by atoms with E-state index < -0.39 is 36.4 Å². The minimum atomic E-state index is -5.69. The molecular formula is C45H68F6O7. The van der Waals surface area contributed by atoms with Crippen LogP contribution in [0.25, 0.3) is 0 Å². The highest BCUT2D eigenvalue weighted by molar-refractivity contribution is 5.81. The highest BCUT2D eigenvalue weighted by Gasteiger charge is 2.71. The molecule has 7 saturated carbocycles. The fourth-order valence-electron chi connectivity index (χ4n) is 13.3. The zero-order valence-electron chi connectivity index (χ0n) is 35.5. The SMILES string of the molecule is CC1C2CC(C(=O)OC3CCOC3=O)C(C2)C1C.CC1C2CC(CC(O)(C(F)(F)F)C(F)(F)F)C(C2)C1C.CCC1(OC(=O)C2CC3CC2C(C)C3C)CCCCC1. The Morgan fingerprint density at radius 1 is 0.690 bits per heavy atom. The summed E-state index contributed by atoms with van der Waals surface area (Å²) < 4.78 is 92.5. The fraction of sp³-hybridized carbons (Fsp3) is 0.933. The third-order valence-corrected chi connectivity index (χ3v) is 17.8. The van der Waals surface area contributed by atoms with Crippen molar-refractivity contribution in [1.29, 1.82) is 0 Å². The summed E-state index contributed by atoms with van der Waals surface area (Å²) in [7, 11) is 0. The molecule has 7 nitrogen and oxygen atoms in total. The van der Waals surface area contributed by atoms with E-state index in [1.54, 1.807) is 0 Å². The lowest BCUT2D eigenvalue weighted by atomic mass is 9.72. The minimum absolute atomic E-state index is 0.00889. The Labute approximate surface area is 340 Å². The van der Waals surface area contributed by atoms with Crippen LogP contribution >= 0.6 is 0 Å². The van der Waals surface area contributed by atoms with Crippen LogP contribution in [0.4, 0.5) is 26.3 Å². The van der Waals surface area contributed by atoms with Crippen LogP contribution in [0.5, 0.6) is 0 Å². The van der Waals surface area contributed by atoms with Crippen LogP contribution in [0.15, 0.2) is 0 Å². The number of cyclic esters (lactones) is 1. The van der Waals surface area contributed by atoms with E-state index in [2.05, 4.69) is 34.6 Å². The first-order chi connectivity index (χ1) is 27.0. The van der Waals surface area contributed by atoms with Crippen molar-refractivity contribution < 1.29 is 60.0 Å². The van der Waals surface area contributed by atoms with Gasteiger partial charge < -0.3 is 19.3 Å². The largest absolute Gasteiger partial charge is 0.463 e. The number of aliphatic hydroxyl groups is 1. The molecule has 332 valence electrons. The van der Waals surface area contributed by atoms with Crippen LogP contribution in [-0.4, -0.2) is 59.3 Å². The van der Waals surface area contributed by atoms with Crippen LogP contribution in [-0.2, 0) is 28.6 Å². The van der Waals surface area contributed by atoms with E-state index in [0.29, 0.717) is 61.4 Å². The second-order valence-electron chi connectivity index (χ2n) is 20.3. The van der Waals surface area contributed by atoms with Crippen molar-refractivity contribution in [2.75, 3.05) is 6.61 Å². The summed E-state index contributed by atoms with van der Waals surface area (Å²) in [5.41, 5.74) is -4.70. The van der Waals surface area contributed by atoms with E-state index in [1.807, 2.05) is 13.8 Å². The molecule has 1 heterocycles. The molecule has 0 aromatic rings. The molecule has 8 rings (SSSR count). The maximum Gasteiger partial charge on any atom is 0.426 e. The average Bonchev–Trinajstić information content (AvgIpc) is 4.04. The predicted octanol–water partition coefficient (Wildman–Crippen LogP) is 10.5. The number of fused-ring (bicyclic) bond motifs is 6. The topological polar surface area (TPSA) is 99.1 Å². The Morgan fingerprint density at radius 3 is 1.55 bits per heavy atom. The van der Waals surface area contributed by atoms with Crippen LogP contribution in [0.1, 0.15) is 138 Å². The van der Waals surface area contributed by atoms with E-state index in [4.69, 9.17) is 14.2 Å². The van der Waals surface area contributed by atoms with Crippen molar-refractivity contribution in [3.8, 4) is 0 Å². The Hall–Kier alpha value is -2.05. The van der Waals surface area contributed by atoms with Crippen LogP contribution < -0.4 is 0 Å². The fourth-order valence-corrected chi connectivity index (χ4v) is 13.3. The molecule has 1 N–H and O–H groups in total. The molecule has 13 heteroatoms. The molecule has 6 bridgehead atoms. The summed E-state index contributed by atoms with van der Waals surface area (Å²) in [6.45, 7) is 15.7. The molecule has 7 aliphatic carbocycles. The van der Waals surface area contributed by atoms with Crippen molar-refractivity contribution in [2.45, 2.75) is 168 Å². The van der Waals surface area contributed by atoms with Gasteiger partial charge in [-0.15, -0.1) is 0 Å². The molecule has 8 fully saturated rings. The minimum Gasteiger partial charge on any atom is -0.463 e. The monoisotopic (exact) mass is 834 g/mol. The Morgan fingerprint density at radius 2 is 1.16 bits per heavy atom. The zero-order chi connectivity index (χ0) is 42.7. The van der Waals surface area contributed by atoms with E-state index in [1.165, 1.54) is 25.7 Å².